The molecule has 1 aromatic rings. The molecule has 0 saturated carbocycles. The van der Waals surface area contributed by atoms with Gasteiger partial charge in [0, 0.05) is 25.2 Å². The van der Waals surface area contributed by atoms with Crippen LogP contribution in [0.2, 0.25) is 0 Å². The van der Waals surface area contributed by atoms with Gasteiger partial charge < -0.3 is 9.84 Å². The van der Waals surface area contributed by atoms with Crippen LogP contribution in [0.1, 0.15) is 31.7 Å². The maximum atomic E-state index is 5.09. The largest absolute Gasteiger partial charge is 0.361 e. The molecule has 1 aliphatic rings. The first kappa shape index (κ1) is 12.6. The van der Waals surface area contributed by atoms with Crippen LogP contribution in [-0.4, -0.2) is 35.7 Å². The minimum atomic E-state index is 0.585. The van der Waals surface area contributed by atoms with Gasteiger partial charge in [-0.15, -0.1) is 0 Å². The second-order valence-corrected chi connectivity index (χ2v) is 5.38. The van der Waals surface area contributed by atoms with Crippen molar-refractivity contribution < 1.29 is 4.52 Å². The Kier molecular flexibility index (Phi) is 4.18. The van der Waals surface area contributed by atoms with E-state index < -0.39 is 0 Å². The normalized spacial score (nSPS) is 21.5. The number of nitrogens with one attached hydrogen (secondary N) is 1. The van der Waals surface area contributed by atoms with Crippen molar-refractivity contribution in [1.29, 1.82) is 0 Å². The van der Waals surface area contributed by atoms with E-state index in [9.17, 15) is 0 Å². The van der Waals surface area contributed by atoms with Gasteiger partial charge in [0.2, 0.25) is 0 Å². The summed E-state index contributed by atoms with van der Waals surface area (Å²) in [5.41, 5.74) is 1.06. The molecule has 2 rings (SSSR count). The molecule has 17 heavy (non-hydrogen) atoms. The van der Waals surface area contributed by atoms with Gasteiger partial charge in [-0.1, -0.05) is 19.0 Å². The van der Waals surface area contributed by atoms with Crippen LogP contribution in [0.3, 0.4) is 0 Å². The maximum Gasteiger partial charge on any atom is 0.133 e. The Hall–Kier alpha value is -0.870. The van der Waals surface area contributed by atoms with Gasteiger partial charge >= 0.3 is 0 Å². The first-order valence-electron chi connectivity index (χ1n) is 6.51. The van der Waals surface area contributed by atoms with E-state index >= 15 is 0 Å². The Morgan fingerprint density at radius 1 is 1.59 bits per heavy atom. The van der Waals surface area contributed by atoms with Crippen LogP contribution in [0.4, 0.5) is 0 Å². The van der Waals surface area contributed by atoms with Crippen molar-refractivity contribution in [3.63, 3.8) is 0 Å². The lowest BCUT2D eigenvalue weighted by molar-refractivity contribution is 0.297. The number of aryl methyl sites for hydroxylation is 1. The molecule has 1 fully saturated rings. The SMILES string of the molecule is Cc1cc(CN2CCC(CNC(C)C)C2)no1. The van der Waals surface area contributed by atoms with Crippen LogP contribution >= 0.6 is 0 Å². The van der Waals surface area contributed by atoms with Crippen molar-refractivity contribution in [2.24, 2.45) is 5.92 Å². The standard InChI is InChI=1S/C13H23N3O/c1-10(2)14-7-12-4-5-16(8-12)9-13-6-11(3)17-15-13/h6,10,12,14H,4-5,7-9H2,1-3H3. The molecule has 0 spiro atoms. The van der Waals surface area contributed by atoms with Gasteiger partial charge in [-0.05, 0) is 32.4 Å². The lowest BCUT2D eigenvalue weighted by Gasteiger charge is -2.15. The molecule has 1 atom stereocenters. The topological polar surface area (TPSA) is 41.3 Å². The summed E-state index contributed by atoms with van der Waals surface area (Å²) in [7, 11) is 0. The lowest BCUT2D eigenvalue weighted by atomic mass is 10.1. The summed E-state index contributed by atoms with van der Waals surface area (Å²) < 4.78 is 5.09. The zero-order chi connectivity index (χ0) is 12.3. The summed E-state index contributed by atoms with van der Waals surface area (Å²) >= 11 is 0. The zero-order valence-electron chi connectivity index (χ0n) is 11.1. The summed E-state index contributed by atoms with van der Waals surface area (Å²) in [5.74, 6) is 1.68. The predicted octanol–water partition coefficient (Wildman–Crippen LogP) is 1.80. The van der Waals surface area contributed by atoms with E-state index in [1.54, 1.807) is 0 Å². The number of aromatic nitrogens is 1. The molecule has 0 bridgehead atoms. The molecule has 0 aliphatic carbocycles. The number of hydrogen-bond donors (Lipinski definition) is 1. The predicted molar refractivity (Wildman–Crippen MR) is 67.8 cm³/mol. The lowest BCUT2D eigenvalue weighted by Crippen LogP contribution is -2.30. The molecule has 2 heterocycles. The van der Waals surface area contributed by atoms with Gasteiger partial charge in [-0.2, -0.15) is 0 Å². The second-order valence-electron chi connectivity index (χ2n) is 5.38. The van der Waals surface area contributed by atoms with Gasteiger partial charge in [-0.3, -0.25) is 4.90 Å². The third-order valence-corrected chi connectivity index (χ3v) is 3.25. The van der Waals surface area contributed by atoms with E-state index in [2.05, 4.69) is 29.2 Å². The number of likely N-dealkylation sites (tertiary alicyclic amines) is 1. The van der Waals surface area contributed by atoms with Crippen LogP contribution in [0, 0.1) is 12.8 Å². The van der Waals surface area contributed by atoms with Crippen LogP contribution in [0.5, 0.6) is 0 Å². The Morgan fingerprint density at radius 2 is 2.41 bits per heavy atom. The molecule has 1 N–H and O–H groups in total. The smallest absolute Gasteiger partial charge is 0.133 e. The van der Waals surface area contributed by atoms with Crippen molar-refractivity contribution >= 4 is 0 Å². The number of hydrogen-bond acceptors (Lipinski definition) is 4. The molecule has 1 aromatic heterocycles. The Morgan fingerprint density at radius 3 is 3.06 bits per heavy atom. The van der Waals surface area contributed by atoms with Crippen LogP contribution in [-0.2, 0) is 6.54 Å². The summed E-state index contributed by atoms with van der Waals surface area (Å²) in [6.07, 6.45) is 1.29. The molecule has 1 unspecified atom stereocenters. The third-order valence-electron chi connectivity index (χ3n) is 3.25. The Balaban J connectivity index is 1.74. The molecule has 4 nitrogen and oxygen atoms in total. The van der Waals surface area contributed by atoms with Crippen molar-refractivity contribution in [2.45, 2.75) is 39.8 Å². The maximum absolute atomic E-state index is 5.09. The Labute approximate surface area is 103 Å². The first-order valence-corrected chi connectivity index (χ1v) is 6.51. The van der Waals surface area contributed by atoms with Crippen molar-refractivity contribution in [3.8, 4) is 0 Å². The monoisotopic (exact) mass is 237 g/mol. The third kappa shape index (κ3) is 3.82. The van der Waals surface area contributed by atoms with E-state index in [-0.39, 0.29) is 0 Å². The molecule has 1 saturated heterocycles. The molecule has 1 aliphatic heterocycles. The van der Waals surface area contributed by atoms with Crippen LogP contribution < -0.4 is 5.32 Å². The van der Waals surface area contributed by atoms with Crippen molar-refractivity contribution in [1.82, 2.24) is 15.4 Å². The van der Waals surface area contributed by atoms with Gasteiger partial charge in [0.15, 0.2) is 0 Å². The van der Waals surface area contributed by atoms with Crippen molar-refractivity contribution in [3.05, 3.63) is 17.5 Å². The average Bonchev–Trinajstić information content (AvgIpc) is 2.86. The first-order chi connectivity index (χ1) is 8.13. The molecular formula is C13H23N3O. The molecule has 0 amide bonds. The van der Waals surface area contributed by atoms with Crippen LogP contribution in [0.25, 0.3) is 0 Å². The summed E-state index contributed by atoms with van der Waals surface area (Å²) in [6, 6.07) is 2.61. The minimum Gasteiger partial charge on any atom is -0.361 e. The van der Waals surface area contributed by atoms with E-state index in [0.717, 1.165) is 30.5 Å². The highest BCUT2D eigenvalue weighted by Gasteiger charge is 2.22. The van der Waals surface area contributed by atoms with E-state index in [1.165, 1.54) is 19.5 Å². The van der Waals surface area contributed by atoms with Gasteiger partial charge in [0.25, 0.3) is 0 Å². The molecule has 4 heteroatoms. The van der Waals surface area contributed by atoms with Crippen molar-refractivity contribution in [2.75, 3.05) is 19.6 Å². The molecule has 96 valence electrons. The fourth-order valence-corrected chi connectivity index (χ4v) is 2.35. The quantitative estimate of drug-likeness (QED) is 0.848. The van der Waals surface area contributed by atoms with Gasteiger partial charge in [0.1, 0.15) is 5.76 Å². The van der Waals surface area contributed by atoms with E-state index in [1.807, 2.05) is 13.0 Å². The Bertz CT molecular complexity index is 348. The van der Waals surface area contributed by atoms with Gasteiger partial charge in [0.05, 0.1) is 5.69 Å². The van der Waals surface area contributed by atoms with Gasteiger partial charge in [-0.25, -0.2) is 0 Å². The molecular weight excluding hydrogens is 214 g/mol. The highest BCUT2D eigenvalue weighted by Crippen LogP contribution is 2.18. The van der Waals surface area contributed by atoms with Crippen LogP contribution in [0.15, 0.2) is 10.6 Å². The fraction of sp³-hybridized carbons (Fsp3) is 0.769. The molecule has 0 aromatic carbocycles. The average molecular weight is 237 g/mol. The second kappa shape index (κ2) is 5.65. The summed E-state index contributed by atoms with van der Waals surface area (Å²) in [5, 5.41) is 7.56. The fourth-order valence-electron chi connectivity index (χ4n) is 2.35. The molecule has 0 radical (unpaired) electrons. The zero-order valence-corrected chi connectivity index (χ0v) is 11.1. The summed E-state index contributed by atoms with van der Waals surface area (Å²) in [4.78, 5) is 2.46. The highest BCUT2D eigenvalue weighted by molar-refractivity contribution is 5.03. The minimum absolute atomic E-state index is 0.585. The van der Waals surface area contributed by atoms with E-state index in [0.29, 0.717) is 6.04 Å². The highest BCUT2D eigenvalue weighted by atomic mass is 16.5. The number of nitrogens with zero attached hydrogens (tertiary/aromatic N) is 2. The number of rotatable bonds is 5. The summed E-state index contributed by atoms with van der Waals surface area (Å²) in [6.45, 7) is 10.7. The van der Waals surface area contributed by atoms with E-state index in [4.69, 9.17) is 4.52 Å².